The average Bonchev–Trinajstić information content (AvgIpc) is 2.70. The van der Waals surface area contributed by atoms with Gasteiger partial charge in [-0.25, -0.2) is 4.39 Å². The van der Waals surface area contributed by atoms with E-state index in [-0.39, 0.29) is 5.82 Å². The lowest BCUT2D eigenvalue weighted by atomic mass is 10.0. The molecule has 0 amide bonds. The van der Waals surface area contributed by atoms with Gasteiger partial charge in [0.2, 0.25) is 0 Å². The fourth-order valence-corrected chi connectivity index (χ4v) is 2.47. The van der Waals surface area contributed by atoms with E-state index in [0.29, 0.717) is 22.2 Å². The first-order chi connectivity index (χ1) is 8.08. The van der Waals surface area contributed by atoms with Crippen LogP contribution in [0.15, 0.2) is 44.1 Å². The molecule has 17 heavy (non-hydrogen) atoms. The summed E-state index contributed by atoms with van der Waals surface area (Å²) in [4.78, 5) is 0. The molecule has 2 aromatic rings. The molecular formula is C12H9Br2FO2. The van der Waals surface area contributed by atoms with Crippen molar-refractivity contribution in [3.63, 3.8) is 0 Å². The van der Waals surface area contributed by atoms with Crippen molar-refractivity contribution in [1.82, 2.24) is 0 Å². The van der Waals surface area contributed by atoms with Gasteiger partial charge < -0.3 is 9.52 Å². The molecule has 2 rings (SSSR count). The Balaban J connectivity index is 2.21. The molecule has 5 heteroatoms. The summed E-state index contributed by atoms with van der Waals surface area (Å²) < 4.78 is 19.4. The van der Waals surface area contributed by atoms with Crippen LogP contribution in [0.1, 0.15) is 17.2 Å². The number of rotatable bonds is 3. The van der Waals surface area contributed by atoms with Gasteiger partial charge >= 0.3 is 0 Å². The van der Waals surface area contributed by atoms with E-state index in [2.05, 4.69) is 31.9 Å². The highest BCUT2D eigenvalue weighted by atomic mass is 79.9. The number of halogens is 3. The van der Waals surface area contributed by atoms with E-state index in [1.165, 1.54) is 18.4 Å². The van der Waals surface area contributed by atoms with Crippen molar-refractivity contribution in [3.8, 4) is 0 Å². The summed E-state index contributed by atoms with van der Waals surface area (Å²) in [7, 11) is 0. The predicted octanol–water partition coefficient (Wildman–Crippen LogP) is 4.22. The molecule has 2 nitrogen and oxygen atoms in total. The van der Waals surface area contributed by atoms with Crippen LogP contribution in [0.4, 0.5) is 4.39 Å². The van der Waals surface area contributed by atoms with Crippen LogP contribution in [-0.4, -0.2) is 5.11 Å². The topological polar surface area (TPSA) is 33.4 Å². The zero-order valence-electron chi connectivity index (χ0n) is 8.66. The predicted molar refractivity (Wildman–Crippen MR) is 69.2 cm³/mol. The molecule has 0 aliphatic carbocycles. The maximum atomic E-state index is 13.1. The van der Waals surface area contributed by atoms with Gasteiger partial charge in [0.05, 0.1) is 12.4 Å². The summed E-state index contributed by atoms with van der Waals surface area (Å²) in [5.41, 5.74) is 1.37. The van der Waals surface area contributed by atoms with Crippen molar-refractivity contribution < 1.29 is 13.9 Å². The van der Waals surface area contributed by atoms with Gasteiger partial charge in [0.15, 0.2) is 4.67 Å². The molecule has 0 aliphatic heterocycles. The van der Waals surface area contributed by atoms with Gasteiger partial charge in [-0.05, 0) is 45.8 Å². The van der Waals surface area contributed by atoms with E-state index in [0.717, 1.165) is 4.47 Å². The maximum Gasteiger partial charge on any atom is 0.174 e. The number of benzene rings is 1. The van der Waals surface area contributed by atoms with Crippen LogP contribution >= 0.6 is 31.9 Å². The number of aliphatic hydroxyl groups excluding tert-OH is 1. The first-order valence-corrected chi connectivity index (χ1v) is 6.51. The Morgan fingerprint density at radius 3 is 2.71 bits per heavy atom. The molecule has 1 atom stereocenters. The minimum atomic E-state index is -0.735. The van der Waals surface area contributed by atoms with Crippen molar-refractivity contribution in [2.24, 2.45) is 0 Å². The molecule has 1 N–H and O–H groups in total. The molecule has 90 valence electrons. The minimum absolute atomic E-state index is 0.316. The number of hydrogen-bond donors (Lipinski definition) is 1. The van der Waals surface area contributed by atoms with Crippen LogP contribution in [0.5, 0.6) is 0 Å². The van der Waals surface area contributed by atoms with Crippen molar-refractivity contribution in [2.75, 3.05) is 0 Å². The summed E-state index contributed by atoms with van der Waals surface area (Å²) in [5.74, 6) is -0.318. The first kappa shape index (κ1) is 12.8. The smallest absolute Gasteiger partial charge is 0.174 e. The quantitative estimate of drug-likeness (QED) is 0.885. The molecule has 1 heterocycles. The Morgan fingerprint density at radius 2 is 2.06 bits per heavy atom. The summed E-state index contributed by atoms with van der Waals surface area (Å²) in [6.07, 6.45) is 1.07. The van der Waals surface area contributed by atoms with Gasteiger partial charge in [0.1, 0.15) is 5.82 Å². The lowest BCUT2D eigenvalue weighted by Gasteiger charge is -2.10. The molecule has 0 saturated carbocycles. The molecular weight excluding hydrogens is 355 g/mol. The lowest BCUT2D eigenvalue weighted by molar-refractivity contribution is 0.176. The van der Waals surface area contributed by atoms with Gasteiger partial charge in [-0.3, -0.25) is 0 Å². The van der Waals surface area contributed by atoms with Crippen LogP contribution in [-0.2, 0) is 6.42 Å². The Kier molecular flexibility index (Phi) is 4.01. The zero-order chi connectivity index (χ0) is 12.4. The second kappa shape index (κ2) is 5.33. The number of aliphatic hydroxyl groups is 1. The van der Waals surface area contributed by atoms with Crippen LogP contribution in [0.2, 0.25) is 0 Å². The average molecular weight is 364 g/mol. The molecule has 0 spiro atoms. The Hall–Kier alpha value is -0.650. The van der Waals surface area contributed by atoms with Crippen molar-refractivity contribution in [3.05, 3.63) is 56.6 Å². The lowest BCUT2D eigenvalue weighted by Crippen LogP contribution is -2.02. The number of hydrogen-bond acceptors (Lipinski definition) is 2. The van der Waals surface area contributed by atoms with E-state index in [4.69, 9.17) is 4.42 Å². The molecule has 0 saturated heterocycles. The van der Waals surface area contributed by atoms with Crippen LogP contribution in [0.25, 0.3) is 0 Å². The van der Waals surface area contributed by atoms with Gasteiger partial charge in [0, 0.05) is 16.5 Å². The number of furan rings is 1. The Morgan fingerprint density at radius 1 is 1.29 bits per heavy atom. The molecule has 0 fully saturated rings. The standard InChI is InChI=1S/C12H9Br2FO2/c13-10-2-1-8(15)5-7(10)6-11(16)9-3-4-17-12(9)14/h1-5,11,16H,6H2. The SMILES string of the molecule is OC(Cc1cc(F)ccc1Br)c1ccoc1Br. The highest BCUT2D eigenvalue weighted by Gasteiger charge is 2.16. The first-order valence-electron chi connectivity index (χ1n) is 4.93. The summed E-state index contributed by atoms with van der Waals surface area (Å²) in [5, 5.41) is 10.0. The van der Waals surface area contributed by atoms with E-state index in [9.17, 15) is 9.50 Å². The summed E-state index contributed by atoms with van der Waals surface area (Å²) >= 11 is 6.53. The fourth-order valence-electron chi connectivity index (χ4n) is 1.56. The van der Waals surface area contributed by atoms with Crippen LogP contribution < -0.4 is 0 Å². The summed E-state index contributed by atoms with van der Waals surface area (Å²) in [6, 6.07) is 6.08. The highest BCUT2D eigenvalue weighted by Crippen LogP contribution is 2.29. The van der Waals surface area contributed by atoms with E-state index in [1.54, 1.807) is 12.1 Å². The Bertz CT molecular complexity index is 525. The molecule has 0 radical (unpaired) electrons. The third-order valence-electron chi connectivity index (χ3n) is 2.43. The molecule has 0 bridgehead atoms. The van der Waals surface area contributed by atoms with Gasteiger partial charge in [-0.1, -0.05) is 15.9 Å². The summed E-state index contributed by atoms with van der Waals surface area (Å²) in [6.45, 7) is 0. The third-order valence-corrected chi connectivity index (χ3v) is 3.84. The fraction of sp³-hybridized carbons (Fsp3) is 0.167. The maximum absolute atomic E-state index is 13.1. The van der Waals surface area contributed by atoms with Gasteiger partial charge in [-0.2, -0.15) is 0 Å². The normalized spacial score (nSPS) is 12.7. The van der Waals surface area contributed by atoms with Crippen molar-refractivity contribution in [2.45, 2.75) is 12.5 Å². The highest BCUT2D eigenvalue weighted by molar-refractivity contribution is 9.10. The van der Waals surface area contributed by atoms with E-state index < -0.39 is 6.10 Å². The van der Waals surface area contributed by atoms with Crippen molar-refractivity contribution >= 4 is 31.9 Å². The second-order valence-electron chi connectivity index (χ2n) is 3.61. The largest absolute Gasteiger partial charge is 0.457 e. The second-order valence-corrected chi connectivity index (χ2v) is 5.18. The third kappa shape index (κ3) is 2.97. The molecule has 1 aromatic carbocycles. The van der Waals surface area contributed by atoms with E-state index in [1.807, 2.05) is 0 Å². The van der Waals surface area contributed by atoms with Gasteiger partial charge in [-0.15, -0.1) is 0 Å². The van der Waals surface area contributed by atoms with Crippen LogP contribution in [0.3, 0.4) is 0 Å². The minimum Gasteiger partial charge on any atom is -0.457 e. The molecule has 0 aliphatic rings. The van der Waals surface area contributed by atoms with Gasteiger partial charge in [0.25, 0.3) is 0 Å². The van der Waals surface area contributed by atoms with E-state index >= 15 is 0 Å². The molecule has 1 aromatic heterocycles. The molecule has 1 unspecified atom stereocenters. The van der Waals surface area contributed by atoms with Crippen LogP contribution in [0, 0.1) is 5.82 Å². The van der Waals surface area contributed by atoms with Crippen molar-refractivity contribution in [1.29, 1.82) is 0 Å². The zero-order valence-corrected chi connectivity index (χ0v) is 11.8. The monoisotopic (exact) mass is 362 g/mol. The Labute approximate surface area is 115 Å².